The first-order valence-corrected chi connectivity index (χ1v) is 5.53. The number of rotatable bonds is 3. The second kappa shape index (κ2) is 5.01. The highest BCUT2D eigenvalue weighted by Gasteiger charge is 2.18. The fourth-order valence-corrected chi connectivity index (χ4v) is 1.59. The summed E-state index contributed by atoms with van der Waals surface area (Å²) in [5.74, 6) is 0.673. The summed E-state index contributed by atoms with van der Waals surface area (Å²) in [5.41, 5.74) is 0.742. The SMILES string of the molecule is Cc1cc(NC(=O)[C@H](Cl)c2ccccc2)no1. The third-order valence-electron chi connectivity index (χ3n) is 2.20. The van der Waals surface area contributed by atoms with Crippen molar-refractivity contribution >= 4 is 23.3 Å². The van der Waals surface area contributed by atoms with Crippen molar-refractivity contribution in [1.29, 1.82) is 0 Å². The lowest BCUT2D eigenvalue weighted by atomic mass is 10.1. The first-order valence-electron chi connectivity index (χ1n) is 5.10. The van der Waals surface area contributed by atoms with E-state index >= 15 is 0 Å². The van der Waals surface area contributed by atoms with Crippen molar-refractivity contribution in [1.82, 2.24) is 5.16 Å². The van der Waals surface area contributed by atoms with Crippen molar-refractivity contribution in [3.05, 3.63) is 47.7 Å². The molecule has 0 spiro atoms. The zero-order valence-electron chi connectivity index (χ0n) is 9.18. The average Bonchev–Trinajstić information content (AvgIpc) is 2.75. The van der Waals surface area contributed by atoms with Crippen LogP contribution in [0.5, 0.6) is 0 Å². The Hall–Kier alpha value is -1.81. The zero-order valence-corrected chi connectivity index (χ0v) is 9.94. The van der Waals surface area contributed by atoms with Crippen LogP contribution >= 0.6 is 11.6 Å². The molecule has 5 heteroatoms. The number of halogens is 1. The first kappa shape index (κ1) is 11.7. The molecule has 1 amide bonds. The summed E-state index contributed by atoms with van der Waals surface area (Å²) < 4.78 is 4.84. The zero-order chi connectivity index (χ0) is 12.3. The van der Waals surface area contributed by atoms with Crippen molar-refractivity contribution in [3.63, 3.8) is 0 Å². The average molecular weight is 251 g/mol. The monoisotopic (exact) mass is 250 g/mol. The molecule has 0 radical (unpaired) electrons. The van der Waals surface area contributed by atoms with Gasteiger partial charge < -0.3 is 9.84 Å². The minimum atomic E-state index is -0.742. The van der Waals surface area contributed by atoms with E-state index < -0.39 is 5.38 Å². The smallest absolute Gasteiger partial charge is 0.248 e. The second-order valence-electron chi connectivity index (χ2n) is 3.59. The molecule has 0 aliphatic rings. The van der Waals surface area contributed by atoms with Crippen LogP contribution in [0.3, 0.4) is 0 Å². The van der Waals surface area contributed by atoms with Crippen LogP contribution in [-0.4, -0.2) is 11.1 Å². The van der Waals surface area contributed by atoms with E-state index in [-0.39, 0.29) is 5.91 Å². The van der Waals surface area contributed by atoms with Crippen molar-refractivity contribution in [3.8, 4) is 0 Å². The van der Waals surface area contributed by atoms with Crippen LogP contribution < -0.4 is 5.32 Å². The number of aryl methyl sites for hydroxylation is 1. The predicted octanol–water partition coefficient (Wildman–Crippen LogP) is 2.90. The molecule has 0 bridgehead atoms. The van der Waals surface area contributed by atoms with Crippen LogP contribution in [-0.2, 0) is 4.79 Å². The van der Waals surface area contributed by atoms with Crippen LogP contribution in [0.15, 0.2) is 40.9 Å². The Morgan fingerprint density at radius 3 is 2.71 bits per heavy atom. The molecule has 1 atom stereocenters. The van der Waals surface area contributed by atoms with E-state index in [9.17, 15) is 4.79 Å². The maximum absolute atomic E-state index is 11.8. The number of benzene rings is 1. The number of aromatic nitrogens is 1. The molecule has 0 aliphatic heterocycles. The summed E-state index contributed by atoms with van der Waals surface area (Å²) in [7, 11) is 0. The van der Waals surface area contributed by atoms with Crippen LogP contribution in [0.25, 0.3) is 0 Å². The molecule has 17 heavy (non-hydrogen) atoms. The van der Waals surface area contributed by atoms with Gasteiger partial charge in [-0.1, -0.05) is 35.5 Å². The summed E-state index contributed by atoms with van der Waals surface area (Å²) in [5, 5.41) is 5.51. The topological polar surface area (TPSA) is 55.1 Å². The van der Waals surface area contributed by atoms with Gasteiger partial charge in [0, 0.05) is 6.07 Å². The van der Waals surface area contributed by atoms with Gasteiger partial charge >= 0.3 is 0 Å². The van der Waals surface area contributed by atoms with Gasteiger partial charge in [-0.2, -0.15) is 0 Å². The molecule has 0 saturated carbocycles. The Bertz CT molecular complexity index is 510. The van der Waals surface area contributed by atoms with E-state index in [1.807, 2.05) is 18.2 Å². The number of nitrogens with zero attached hydrogens (tertiary/aromatic N) is 1. The maximum Gasteiger partial charge on any atom is 0.248 e. The number of nitrogens with one attached hydrogen (secondary N) is 1. The van der Waals surface area contributed by atoms with Crippen molar-refractivity contribution < 1.29 is 9.32 Å². The molecule has 0 fully saturated rings. The highest BCUT2D eigenvalue weighted by molar-refractivity contribution is 6.32. The molecule has 1 aromatic carbocycles. The molecular weight excluding hydrogens is 240 g/mol. The minimum absolute atomic E-state index is 0.328. The Balaban J connectivity index is 2.06. The molecule has 2 aromatic rings. The van der Waals surface area contributed by atoms with Gasteiger partial charge in [0.1, 0.15) is 11.1 Å². The molecule has 2 rings (SSSR count). The Morgan fingerprint density at radius 1 is 1.41 bits per heavy atom. The van der Waals surface area contributed by atoms with Gasteiger partial charge in [-0.05, 0) is 12.5 Å². The van der Waals surface area contributed by atoms with Crippen LogP contribution in [0.1, 0.15) is 16.7 Å². The first-order chi connectivity index (χ1) is 8.16. The number of hydrogen-bond donors (Lipinski definition) is 1. The molecular formula is C12H11ClN2O2. The molecule has 0 unspecified atom stereocenters. The van der Waals surface area contributed by atoms with Gasteiger partial charge in [0.25, 0.3) is 0 Å². The van der Waals surface area contributed by atoms with E-state index in [1.54, 1.807) is 25.1 Å². The molecule has 1 heterocycles. The second-order valence-corrected chi connectivity index (χ2v) is 4.02. The maximum atomic E-state index is 11.8. The molecule has 88 valence electrons. The third kappa shape index (κ3) is 2.85. The lowest BCUT2D eigenvalue weighted by molar-refractivity contribution is -0.116. The van der Waals surface area contributed by atoms with Gasteiger partial charge in [0.15, 0.2) is 5.82 Å². The van der Waals surface area contributed by atoms with Gasteiger partial charge in [-0.3, -0.25) is 4.79 Å². The summed E-state index contributed by atoms with van der Waals surface area (Å²) in [6.45, 7) is 1.75. The number of carbonyl (C=O) groups is 1. The fourth-order valence-electron chi connectivity index (χ4n) is 1.39. The van der Waals surface area contributed by atoms with E-state index in [4.69, 9.17) is 16.1 Å². The highest BCUT2D eigenvalue weighted by atomic mass is 35.5. The predicted molar refractivity (Wildman–Crippen MR) is 64.9 cm³/mol. The summed E-state index contributed by atoms with van der Waals surface area (Å²) in [6, 6.07) is 10.8. The van der Waals surface area contributed by atoms with Crippen LogP contribution in [0.4, 0.5) is 5.82 Å². The lowest BCUT2D eigenvalue weighted by Gasteiger charge is -2.08. The van der Waals surface area contributed by atoms with Crippen molar-refractivity contribution in [2.45, 2.75) is 12.3 Å². The van der Waals surface area contributed by atoms with Crippen LogP contribution in [0.2, 0.25) is 0 Å². The van der Waals surface area contributed by atoms with Crippen molar-refractivity contribution in [2.75, 3.05) is 5.32 Å². The quantitative estimate of drug-likeness (QED) is 0.853. The highest BCUT2D eigenvalue weighted by Crippen LogP contribution is 2.21. The summed E-state index contributed by atoms with van der Waals surface area (Å²) in [4.78, 5) is 11.8. The number of carbonyl (C=O) groups excluding carboxylic acids is 1. The lowest BCUT2D eigenvalue weighted by Crippen LogP contribution is -2.17. The Morgan fingerprint density at radius 2 is 2.12 bits per heavy atom. The normalized spacial score (nSPS) is 12.1. The number of hydrogen-bond acceptors (Lipinski definition) is 3. The largest absolute Gasteiger partial charge is 0.360 e. The number of alkyl halides is 1. The molecule has 1 aromatic heterocycles. The summed E-state index contributed by atoms with van der Waals surface area (Å²) in [6.07, 6.45) is 0. The van der Waals surface area contributed by atoms with Gasteiger partial charge in [0.2, 0.25) is 5.91 Å². The molecule has 0 saturated heterocycles. The van der Waals surface area contributed by atoms with E-state index in [2.05, 4.69) is 10.5 Å². The molecule has 0 aliphatic carbocycles. The van der Waals surface area contributed by atoms with Gasteiger partial charge in [-0.15, -0.1) is 11.6 Å². The van der Waals surface area contributed by atoms with E-state index in [0.717, 1.165) is 5.56 Å². The molecule has 1 N–H and O–H groups in total. The Labute approximate surface area is 104 Å². The Kier molecular flexibility index (Phi) is 3.44. The van der Waals surface area contributed by atoms with Gasteiger partial charge in [0.05, 0.1) is 0 Å². The third-order valence-corrected chi connectivity index (χ3v) is 2.65. The number of anilines is 1. The minimum Gasteiger partial charge on any atom is -0.360 e. The summed E-state index contributed by atoms with van der Waals surface area (Å²) >= 11 is 6.04. The molecule has 4 nitrogen and oxygen atoms in total. The van der Waals surface area contributed by atoms with Gasteiger partial charge in [-0.25, -0.2) is 0 Å². The standard InChI is InChI=1S/C12H11ClN2O2/c1-8-7-10(15-17-8)14-12(16)11(13)9-5-3-2-4-6-9/h2-7,11H,1H3,(H,14,15,16)/t11-/m1/s1. The number of amides is 1. The fraction of sp³-hybridized carbons (Fsp3) is 0.167. The van der Waals surface area contributed by atoms with E-state index in [0.29, 0.717) is 11.6 Å². The van der Waals surface area contributed by atoms with Crippen molar-refractivity contribution in [2.24, 2.45) is 0 Å². The van der Waals surface area contributed by atoms with E-state index in [1.165, 1.54) is 0 Å². The van der Waals surface area contributed by atoms with Crippen LogP contribution in [0, 0.1) is 6.92 Å².